The number of hydrogen-bond acceptors (Lipinski definition) is 8. The van der Waals surface area contributed by atoms with Crippen LogP contribution in [0.5, 0.6) is 17.8 Å². The van der Waals surface area contributed by atoms with Crippen molar-refractivity contribution in [3.8, 4) is 17.8 Å². The molecule has 9 nitrogen and oxygen atoms in total. The van der Waals surface area contributed by atoms with Crippen LogP contribution in [0.1, 0.15) is 39.9 Å². The zero-order valence-corrected chi connectivity index (χ0v) is 30.0. The van der Waals surface area contributed by atoms with Gasteiger partial charge in [-0.15, -0.1) is 24.8 Å². The molecule has 0 aliphatic carbocycles. The van der Waals surface area contributed by atoms with Crippen LogP contribution in [0.4, 0.5) is 13.2 Å². The van der Waals surface area contributed by atoms with E-state index in [0.29, 0.717) is 43.9 Å². The second kappa shape index (κ2) is 17.9. The molecule has 3 heterocycles. The molecule has 51 heavy (non-hydrogen) atoms. The first-order chi connectivity index (χ1) is 23.7. The lowest BCUT2D eigenvalue weighted by Gasteiger charge is -2.53. The third-order valence-corrected chi connectivity index (χ3v) is 9.01. The van der Waals surface area contributed by atoms with Gasteiger partial charge >= 0.3 is 12.2 Å². The van der Waals surface area contributed by atoms with Crippen molar-refractivity contribution in [1.82, 2.24) is 24.7 Å². The van der Waals surface area contributed by atoms with Crippen LogP contribution >= 0.6 is 24.8 Å². The molecule has 2 saturated heterocycles. The fourth-order valence-electron chi connectivity index (χ4n) is 6.96. The van der Waals surface area contributed by atoms with Crippen LogP contribution in [0, 0.1) is 0 Å². The Hall–Kier alpha value is -4.10. The van der Waals surface area contributed by atoms with E-state index in [-0.39, 0.29) is 79.6 Å². The third-order valence-electron chi connectivity index (χ3n) is 9.01. The Morgan fingerprint density at radius 1 is 0.824 bits per heavy atom. The number of nitrogens with zero attached hydrogens (tertiary/aromatic N) is 5. The van der Waals surface area contributed by atoms with Crippen LogP contribution in [0.3, 0.4) is 0 Å². The highest BCUT2D eigenvalue weighted by atomic mass is 35.5. The summed E-state index contributed by atoms with van der Waals surface area (Å²) < 4.78 is 56.3. The second-order valence-electron chi connectivity index (χ2n) is 12.2. The summed E-state index contributed by atoms with van der Waals surface area (Å²) in [5.74, 6) is -0.204. The van der Waals surface area contributed by atoms with Crippen LogP contribution in [0.25, 0.3) is 0 Å². The van der Waals surface area contributed by atoms with Gasteiger partial charge in [0.1, 0.15) is 0 Å². The molecule has 0 saturated carbocycles. The molecule has 14 heteroatoms. The molecule has 2 unspecified atom stereocenters. The molecule has 2 aliphatic heterocycles. The molecular weight excluding hydrogens is 706 g/mol. The molecule has 1 amide bonds. The first-order valence-electron chi connectivity index (χ1n) is 16.4. The molecule has 0 bridgehead atoms. The molecule has 4 aromatic rings. The Labute approximate surface area is 308 Å². The molecule has 2 aliphatic rings. The Kier molecular flexibility index (Phi) is 13.9. The highest BCUT2D eigenvalue weighted by Crippen LogP contribution is 2.38. The van der Waals surface area contributed by atoms with E-state index in [1.807, 2.05) is 71.6 Å². The van der Waals surface area contributed by atoms with Crippen molar-refractivity contribution >= 4 is 30.7 Å². The van der Waals surface area contributed by atoms with E-state index in [4.69, 9.17) is 14.2 Å². The van der Waals surface area contributed by atoms with Crippen molar-refractivity contribution in [3.05, 3.63) is 113 Å². The van der Waals surface area contributed by atoms with E-state index in [1.54, 1.807) is 6.92 Å². The number of amides is 1. The summed E-state index contributed by atoms with van der Waals surface area (Å²) in [6.07, 6.45) is -4.58. The summed E-state index contributed by atoms with van der Waals surface area (Å²) >= 11 is 0. The van der Waals surface area contributed by atoms with Crippen LogP contribution in [-0.4, -0.2) is 102 Å². The quantitative estimate of drug-likeness (QED) is 0.172. The van der Waals surface area contributed by atoms with Gasteiger partial charge in [0.05, 0.1) is 19.3 Å². The Morgan fingerprint density at radius 2 is 1.41 bits per heavy atom. The molecule has 3 aromatic carbocycles. The second-order valence-corrected chi connectivity index (χ2v) is 12.2. The average molecular weight is 749 g/mol. The number of carbonyl (C=O) groups is 1. The van der Waals surface area contributed by atoms with Crippen molar-refractivity contribution in [2.75, 3.05) is 53.0 Å². The van der Waals surface area contributed by atoms with Gasteiger partial charge in [-0.2, -0.15) is 23.1 Å². The maximum Gasteiger partial charge on any atom is 0.422 e. The number of rotatable bonds is 11. The van der Waals surface area contributed by atoms with Crippen molar-refractivity contribution < 1.29 is 32.2 Å². The van der Waals surface area contributed by atoms with E-state index < -0.39 is 12.8 Å². The average Bonchev–Trinajstić information content (AvgIpc) is 3.12. The van der Waals surface area contributed by atoms with E-state index in [1.165, 1.54) is 7.11 Å². The van der Waals surface area contributed by atoms with Crippen LogP contribution in [0.15, 0.2) is 91.0 Å². The van der Waals surface area contributed by atoms with Crippen LogP contribution < -0.4 is 14.2 Å². The molecule has 6 rings (SSSR count). The molecular formula is C37H42Cl2F3N5O4. The predicted molar refractivity (Wildman–Crippen MR) is 192 cm³/mol. The van der Waals surface area contributed by atoms with Crippen LogP contribution in [0.2, 0.25) is 0 Å². The third kappa shape index (κ3) is 9.62. The molecule has 2 atom stereocenters. The van der Waals surface area contributed by atoms with Crippen LogP contribution in [-0.2, 0) is 6.54 Å². The lowest BCUT2D eigenvalue weighted by Crippen LogP contribution is -2.67. The largest absolute Gasteiger partial charge is 0.481 e. The van der Waals surface area contributed by atoms with Gasteiger partial charge in [-0.1, -0.05) is 78.9 Å². The summed E-state index contributed by atoms with van der Waals surface area (Å²) in [6.45, 7) is 3.44. The molecule has 2 fully saturated rings. The molecule has 1 aromatic heterocycles. The summed E-state index contributed by atoms with van der Waals surface area (Å²) in [7, 11) is 1.41. The highest BCUT2D eigenvalue weighted by Gasteiger charge is 2.43. The van der Waals surface area contributed by atoms with Crippen molar-refractivity contribution in [2.24, 2.45) is 0 Å². The minimum absolute atomic E-state index is 0. The standard InChI is InChI=1S/C37H40F3N5O4.2ClH/c1-3-48-36-41-33(47-2)30(34(42-36)49-25-37(38,39)40)23-43-21-29-22-44(35(46)28-17-11-6-12-18-28)19-20-45(29)31(24-43)32(26-13-7-4-8-14-26)27-15-9-5-10-16-27;;/h4-18,29,31-32H,3,19-25H2,1-2H3;2*1H. The fraction of sp³-hybridized carbons (Fsp3) is 0.378. The first-order valence-corrected chi connectivity index (χ1v) is 16.4. The Bertz CT molecular complexity index is 1650. The monoisotopic (exact) mass is 747 g/mol. The lowest BCUT2D eigenvalue weighted by atomic mass is 9.81. The number of carbonyl (C=O) groups excluding carboxylic acids is 1. The zero-order chi connectivity index (χ0) is 34.4. The number of aromatic nitrogens is 2. The van der Waals surface area contributed by atoms with Gasteiger partial charge in [0, 0.05) is 62.8 Å². The molecule has 274 valence electrons. The minimum atomic E-state index is -4.58. The van der Waals surface area contributed by atoms with E-state index >= 15 is 0 Å². The summed E-state index contributed by atoms with van der Waals surface area (Å²) in [4.78, 5) is 28.8. The van der Waals surface area contributed by atoms with E-state index in [2.05, 4.69) is 44.0 Å². The maximum absolute atomic E-state index is 13.6. The number of alkyl halides is 3. The van der Waals surface area contributed by atoms with Gasteiger partial charge < -0.3 is 19.1 Å². The number of halogens is 5. The highest BCUT2D eigenvalue weighted by molar-refractivity contribution is 5.94. The summed E-state index contributed by atoms with van der Waals surface area (Å²) in [6, 6.07) is 29.7. The van der Waals surface area contributed by atoms with E-state index in [0.717, 1.165) is 11.1 Å². The Morgan fingerprint density at radius 3 is 1.98 bits per heavy atom. The summed E-state index contributed by atoms with van der Waals surface area (Å²) in [5, 5.41) is 0. The molecule has 0 radical (unpaired) electrons. The number of ether oxygens (including phenoxy) is 3. The van der Waals surface area contributed by atoms with Crippen molar-refractivity contribution in [2.45, 2.75) is 37.6 Å². The smallest absolute Gasteiger partial charge is 0.422 e. The molecule has 0 N–H and O–H groups in total. The predicted octanol–water partition coefficient (Wildman–Crippen LogP) is 6.51. The number of methoxy groups -OCH3 is 1. The SMILES string of the molecule is CCOc1nc(OC)c(CN2CC3CN(C(=O)c4ccccc4)CCN3C(C(c3ccccc3)c3ccccc3)C2)c(OCC(F)(F)F)n1.Cl.Cl. The van der Waals surface area contributed by atoms with Gasteiger partial charge in [-0.25, -0.2) is 0 Å². The fourth-order valence-corrected chi connectivity index (χ4v) is 6.96. The number of hydrogen-bond donors (Lipinski definition) is 0. The number of benzene rings is 3. The minimum Gasteiger partial charge on any atom is -0.481 e. The van der Waals surface area contributed by atoms with Crippen molar-refractivity contribution in [3.63, 3.8) is 0 Å². The number of fused-ring (bicyclic) bond motifs is 1. The lowest BCUT2D eigenvalue weighted by molar-refractivity contribution is -0.154. The summed E-state index contributed by atoms with van der Waals surface area (Å²) in [5.41, 5.74) is 3.23. The normalized spacial score (nSPS) is 17.9. The Balaban J connectivity index is 0.00000292. The van der Waals surface area contributed by atoms with Gasteiger partial charge in [-0.05, 0) is 30.2 Å². The topological polar surface area (TPSA) is 80.3 Å². The molecule has 0 spiro atoms. The van der Waals surface area contributed by atoms with E-state index in [9.17, 15) is 18.0 Å². The maximum atomic E-state index is 13.6. The number of piperazine rings is 2. The van der Waals surface area contributed by atoms with Gasteiger partial charge in [0.2, 0.25) is 11.8 Å². The van der Waals surface area contributed by atoms with Gasteiger partial charge in [0.25, 0.3) is 5.91 Å². The van der Waals surface area contributed by atoms with Gasteiger partial charge in [-0.3, -0.25) is 14.6 Å². The zero-order valence-electron chi connectivity index (χ0n) is 28.4. The first kappa shape index (κ1) is 39.7. The van der Waals surface area contributed by atoms with Crippen molar-refractivity contribution in [1.29, 1.82) is 0 Å². The van der Waals surface area contributed by atoms with Gasteiger partial charge in [0.15, 0.2) is 6.61 Å².